The molecule has 0 aromatic carbocycles. The molecule has 1 aromatic heterocycles. The third-order valence-corrected chi connectivity index (χ3v) is 4.14. The lowest BCUT2D eigenvalue weighted by Crippen LogP contribution is -2.32. The van der Waals surface area contributed by atoms with Crippen LogP contribution in [0.15, 0.2) is 17.2 Å². The van der Waals surface area contributed by atoms with Gasteiger partial charge in [0.1, 0.15) is 10.6 Å². The molecule has 0 fully saturated rings. The van der Waals surface area contributed by atoms with E-state index >= 15 is 0 Å². The number of carboxylic acids is 1. The Hall–Kier alpha value is -1.34. The van der Waals surface area contributed by atoms with Crippen LogP contribution in [0.5, 0.6) is 0 Å². The number of aryl methyl sites for hydroxylation is 1. The van der Waals surface area contributed by atoms with Crippen molar-refractivity contribution in [1.29, 1.82) is 0 Å². The normalized spacial score (nSPS) is 13.5. The maximum absolute atomic E-state index is 12.0. The highest BCUT2D eigenvalue weighted by molar-refractivity contribution is 7.89. The van der Waals surface area contributed by atoms with Crippen LogP contribution in [0.4, 0.5) is 0 Å². The number of aromatic nitrogens is 1. The van der Waals surface area contributed by atoms with Crippen molar-refractivity contribution in [2.45, 2.75) is 37.6 Å². The van der Waals surface area contributed by atoms with Gasteiger partial charge in [-0.25, -0.2) is 17.9 Å². The highest BCUT2D eigenvalue weighted by Crippen LogP contribution is 2.14. The van der Waals surface area contributed by atoms with E-state index in [1.165, 1.54) is 17.8 Å². The second-order valence-corrected chi connectivity index (χ2v) is 6.00. The topological polar surface area (TPSA) is 88.4 Å². The molecule has 0 amide bonds. The van der Waals surface area contributed by atoms with Crippen molar-refractivity contribution in [3.8, 4) is 0 Å². The first-order valence-corrected chi connectivity index (χ1v) is 7.18. The summed E-state index contributed by atoms with van der Waals surface area (Å²) in [5.74, 6) is -1.15. The van der Waals surface area contributed by atoms with Gasteiger partial charge in [0.2, 0.25) is 10.0 Å². The smallest absolute Gasteiger partial charge is 0.352 e. The molecule has 18 heavy (non-hydrogen) atoms. The molecule has 0 saturated carbocycles. The Kier molecular flexibility index (Phi) is 4.53. The van der Waals surface area contributed by atoms with Crippen molar-refractivity contribution in [2.24, 2.45) is 7.05 Å². The summed E-state index contributed by atoms with van der Waals surface area (Å²) < 4.78 is 27.8. The van der Waals surface area contributed by atoms with Gasteiger partial charge in [0.05, 0.1) is 0 Å². The Morgan fingerprint density at radius 2 is 2.17 bits per heavy atom. The maximum atomic E-state index is 12.0. The lowest BCUT2D eigenvalue weighted by Gasteiger charge is -2.11. The van der Waals surface area contributed by atoms with E-state index in [2.05, 4.69) is 4.72 Å². The number of nitrogens with one attached hydrogen (secondary N) is 1. The summed E-state index contributed by atoms with van der Waals surface area (Å²) in [5.41, 5.74) is -0.0569. The van der Waals surface area contributed by atoms with Crippen LogP contribution in [0, 0.1) is 0 Å². The molecule has 0 radical (unpaired) electrons. The quantitative estimate of drug-likeness (QED) is 0.815. The van der Waals surface area contributed by atoms with Gasteiger partial charge >= 0.3 is 5.97 Å². The van der Waals surface area contributed by atoms with Gasteiger partial charge < -0.3 is 9.67 Å². The van der Waals surface area contributed by atoms with Gasteiger partial charge in [-0.1, -0.05) is 13.3 Å². The minimum atomic E-state index is -3.65. The lowest BCUT2D eigenvalue weighted by atomic mass is 10.2. The molecule has 0 saturated heterocycles. The summed E-state index contributed by atoms with van der Waals surface area (Å²) in [6.45, 7) is 3.75. The van der Waals surface area contributed by atoms with Crippen molar-refractivity contribution in [3.05, 3.63) is 18.0 Å². The fourth-order valence-electron chi connectivity index (χ4n) is 1.72. The molecule has 102 valence electrons. The fourth-order valence-corrected chi connectivity index (χ4v) is 3.07. The van der Waals surface area contributed by atoms with Crippen LogP contribution in [0.1, 0.15) is 37.2 Å². The molecule has 0 aliphatic carbocycles. The van der Waals surface area contributed by atoms with Crippen LogP contribution in [-0.4, -0.2) is 30.1 Å². The molecule has 1 rings (SSSR count). The van der Waals surface area contributed by atoms with Gasteiger partial charge in [0.25, 0.3) is 0 Å². The van der Waals surface area contributed by atoms with Gasteiger partial charge in [-0.15, -0.1) is 0 Å². The first-order valence-electron chi connectivity index (χ1n) is 5.70. The minimum Gasteiger partial charge on any atom is -0.477 e. The van der Waals surface area contributed by atoms with E-state index in [1.54, 1.807) is 6.92 Å². The van der Waals surface area contributed by atoms with Crippen LogP contribution in [0.2, 0.25) is 0 Å². The van der Waals surface area contributed by atoms with Crippen LogP contribution >= 0.6 is 0 Å². The van der Waals surface area contributed by atoms with Crippen molar-refractivity contribution in [3.63, 3.8) is 0 Å². The number of nitrogens with zero attached hydrogens (tertiary/aromatic N) is 1. The van der Waals surface area contributed by atoms with E-state index < -0.39 is 16.0 Å². The summed E-state index contributed by atoms with van der Waals surface area (Å²) in [5, 5.41) is 8.87. The standard InChI is InChI=1S/C11H18N2O4S/c1-4-5-8(2)12-18(16,17)9-6-10(11(14)15)13(3)7-9/h6-8,12H,4-5H2,1-3H3,(H,14,15). The Morgan fingerprint density at radius 3 is 2.61 bits per heavy atom. The SMILES string of the molecule is CCCC(C)NS(=O)(=O)c1cc(C(=O)O)n(C)c1. The molecule has 6 nitrogen and oxygen atoms in total. The molecule has 0 aliphatic rings. The molecule has 1 aromatic rings. The predicted molar refractivity (Wildman–Crippen MR) is 67.1 cm³/mol. The van der Waals surface area contributed by atoms with E-state index in [1.807, 2.05) is 6.92 Å². The van der Waals surface area contributed by atoms with E-state index in [0.29, 0.717) is 0 Å². The predicted octanol–water partition coefficient (Wildman–Crippen LogP) is 1.19. The third-order valence-electron chi connectivity index (χ3n) is 2.59. The number of rotatable bonds is 6. The Labute approximate surface area is 107 Å². The molecule has 2 N–H and O–H groups in total. The Morgan fingerprint density at radius 1 is 1.56 bits per heavy atom. The zero-order chi connectivity index (χ0) is 13.9. The summed E-state index contributed by atoms with van der Waals surface area (Å²) in [6, 6.07) is 0.983. The first-order chi connectivity index (χ1) is 8.27. The van der Waals surface area contributed by atoms with Crippen molar-refractivity contribution >= 4 is 16.0 Å². The molecular formula is C11H18N2O4S. The van der Waals surface area contributed by atoms with Gasteiger partial charge in [0.15, 0.2) is 0 Å². The largest absolute Gasteiger partial charge is 0.477 e. The average molecular weight is 274 g/mol. The van der Waals surface area contributed by atoms with E-state index in [0.717, 1.165) is 18.9 Å². The number of carboxylic acid groups (broad SMARTS) is 1. The molecule has 0 spiro atoms. The van der Waals surface area contributed by atoms with E-state index in [9.17, 15) is 13.2 Å². The van der Waals surface area contributed by atoms with Crippen molar-refractivity contribution < 1.29 is 18.3 Å². The summed E-state index contributed by atoms with van der Waals surface area (Å²) in [7, 11) is -2.15. The van der Waals surface area contributed by atoms with Crippen LogP contribution < -0.4 is 4.72 Å². The lowest BCUT2D eigenvalue weighted by molar-refractivity contribution is 0.0686. The van der Waals surface area contributed by atoms with Gasteiger partial charge in [0, 0.05) is 19.3 Å². The second kappa shape index (κ2) is 5.53. The maximum Gasteiger partial charge on any atom is 0.352 e. The minimum absolute atomic E-state index is 0.0228. The molecule has 1 heterocycles. The zero-order valence-electron chi connectivity index (χ0n) is 10.7. The van der Waals surface area contributed by atoms with E-state index in [-0.39, 0.29) is 16.6 Å². The number of hydrogen-bond donors (Lipinski definition) is 2. The van der Waals surface area contributed by atoms with Gasteiger partial charge in [-0.3, -0.25) is 0 Å². The highest BCUT2D eigenvalue weighted by Gasteiger charge is 2.21. The number of hydrogen-bond acceptors (Lipinski definition) is 3. The van der Waals surface area contributed by atoms with Crippen molar-refractivity contribution in [1.82, 2.24) is 9.29 Å². The zero-order valence-corrected chi connectivity index (χ0v) is 11.5. The van der Waals surface area contributed by atoms with Crippen LogP contribution in [0.3, 0.4) is 0 Å². The highest BCUT2D eigenvalue weighted by atomic mass is 32.2. The van der Waals surface area contributed by atoms with Gasteiger partial charge in [-0.05, 0) is 19.4 Å². The molecule has 0 bridgehead atoms. The monoisotopic (exact) mass is 274 g/mol. The fraction of sp³-hybridized carbons (Fsp3) is 0.545. The molecular weight excluding hydrogens is 256 g/mol. The molecule has 1 unspecified atom stereocenters. The molecule has 7 heteroatoms. The first kappa shape index (κ1) is 14.7. The Balaban J connectivity index is 2.99. The summed E-state index contributed by atoms with van der Waals surface area (Å²) >= 11 is 0. The second-order valence-electron chi connectivity index (χ2n) is 4.29. The van der Waals surface area contributed by atoms with Gasteiger partial charge in [-0.2, -0.15) is 0 Å². The molecule has 0 aliphatic heterocycles. The third kappa shape index (κ3) is 3.33. The van der Waals surface area contributed by atoms with Crippen LogP contribution in [-0.2, 0) is 17.1 Å². The Bertz CT molecular complexity index is 533. The molecule has 1 atom stereocenters. The number of aromatic carboxylic acids is 1. The summed E-state index contributed by atoms with van der Waals surface area (Å²) in [6.07, 6.45) is 2.90. The van der Waals surface area contributed by atoms with E-state index in [4.69, 9.17) is 5.11 Å². The van der Waals surface area contributed by atoms with Crippen LogP contribution in [0.25, 0.3) is 0 Å². The summed E-state index contributed by atoms with van der Waals surface area (Å²) in [4.78, 5) is 10.8. The average Bonchev–Trinajstić information content (AvgIpc) is 2.60. The van der Waals surface area contributed by atoms with Crippen molar-refractivity contribution in [2.75, 3.05) is 0 Å². The number of sulfonamides is 1. The number of carbonyl (C=O) groups is 1.